The lowest BCUT2D eigenvalue weighted by Crippen LogP contribution is -2.55. The van der Waals surface area contributed by atoms with Crippen molar-refractivity contribution >= 4 is 17.7 Å². The largest absolute Gasteiger partial charge is 0.484 e. The molecule has 2 rings (SSSR count). The van der Waals surface area contributed by atoms with Crippen LogP contribution >= 0.6 is 0 Å². The van der Waals surface area contributed by atoms with E-state index in [0.717, 1.165) is 16.7 Å². The van der Waals surface area contributed by atoms with Crippen molar-refractivity contribution in [2.24, 2.45) is 5.92 Å². The predicted molar refractivity (Wildman–Crippen MR) is 115 cm³/mol. The highest BCUT2D eigenvalue weighted by atomic mass is 16.5. The van der Waals surface area contributed by atoms with Crippen LogP contribution in [-0.4, -0.2) is 30.4 Å². The first-order chi connectivity index (χ1) is 14.3. The molecule has 160 valence electrons. The Hall–Kier alpha value is -3.35. The van der Waals surface area contributed by atoms with Gasteiger partial charge in [0, 0.05) is 0 Å². The van der Waals surface area contributed by atoms with Crippen LogP contribution in [0.2, 0.25) is 0 Å². The summed E-state index contributed by atoms with van der Waals surface area (Å²) in [5, 5.41) is 2.72. The van der Waals surface area contributed by atoms with E-state index in [-0.39, 0.29) is 24.9 Å². The first-order valence-electron chi connectivity index (χ1n) is 9.88. The van der Waals surface area contributed by atoms with Gasteiger partial charge in [0.2, 0.25) is 5.91 Å². The minimum atomic E-state index is -0.776. The maximum Gasteiger partial charge on any atom is 0.276 e. The molecule has 0 radical (unpaired) electrons. The van der Waals surface area contributed by atoms with Crippen molar-refractivity contribution in [3.8, 4) is 5.75 Å². The van der Waals surface area contributed by atoms with Crippen LogP contribution in [0.1, 0.15) is 30.5 Å². The predicted octanol–water partition coefficient (Wildman–Crippen LogP) is 2.21. The van der Waals surface area contributed by atoms with Gasteiger partial charge in [0.15, 0.2) is 6.61 Å². The second kappa shape index (κ2) is 11.0. The van der Waals surface area contributed by atoms with Crippen LogP contribution in [0, 0.1) is 19.8 Å². The van der Waals surface area contributed by atoms with Gasteiger partial charge in [0.1, 0.15) is 11.8 Å². The van der Waals surface area contributed by atoms with E-state index >= 15 is 0 Å². The Morgan fingerprint density at radius 2 is 1.60 bits per heavy atom. The molecule has 2 aromatic rings. The number of hydrogen-bond donors (Lipinski definition) is 3. The number of hydrazine groups is 1. The quantitative estimate of drug-likeness (QED) is 0.580. The zero-order chi connectivity index (χ0) is 22.1. The van der Waals surface area contributed by atoms with Crippen molar-refractivity contribution in [3.63, 3.8) is 0 Å². The Bertz CT molecular complexity index is 881. The number of hydrogen-bond acceptors (Lipinski definition) is 4. The molecule has 0 bridgehead atoms. The number of rotatable bonds is 8. The Balaban J connectivity index is 1.81. The van der Waals surface area contributed by atoms with Gasteiger partial charge in [-0.2, -0.15) is 0 Å². The van der Waals surface area contributed by atoms with Crippen LogP contribution in [0.15, 0.2) is 48.5 Å². The Labute approximate surface area is 177 Å². The van der Waals surface area contributed by atoms with Gasteiger partial charge < -0.3 is 10.1 Å². The van der Waals surface area contributed by atoms with Gasteiger partial charge in [-0.1, -0.05) is 50.2 Å². The molecule has 1 atom stereocenters. The van der Waals surface area contributed by atoms with Crippen LogP contribution in [0.4, 0.5) is 0 Å². The van der Waals surface area contributed by atoms with Gasteiger partial charge >= 0.3 is 0 Å². The molecule has 7 nitrogen and oxygen atoms in total. The van der Waals surface area contributed by atoms with Crippen LogP contribution in [-0.2, 0) is 20.8 Å². The minimum absolute atomic E-state index is 0.159. The third-order valence-corrected chi connectivity index (χ3v) is 4.65. The molecule has 30 heavy (non-hydrogen) atoms. The van der Waals surface area contributed by atoms with E-state index in [1.807, 2.05) is 70.2 Å². The van der Waals surface area contributed by atoms with Gasteiger partial charge in [0.25, 0.3) is 11.8 Å². The SMILES string of the molecule is Cc1ccc(OCC(=O)NNC(=O)[C@@H](NC(=O)Cc2ccccc2)C(C)C)cc1C. The third kappa shape index (κ3) is 7.24. The van der Waals surface area contributed by atoms with E-state index in [0.29, 0.717) is 5.75 Å². The second-order valence-corrected chi connectivity index (χ2v) is 7.52. The summed E-state index contributed by atoms with van der Waals surface area (Å²) in [4.78, 5) is 36.7. The molecule has 0 aromatic heterocycles. The van der Waals surface area contributed by atoms with E-state index in [1.54, 1.807) is 6.07 Å². The zero-order valence-electron chi connectivity index (χ0n) is 17.8. The molecule has 0 fully saturated rings. The van der Waals surface area contributed by atoms with Crippen LogP contribution in [0.25, 0.3) is 0 Å². The van der Waals surface area contributed by atoms with E-state index in [9.17, 15) is 14.4 Å². The second-order valence-electron chi connectivity index (χ2n) is 7.52. The summed E-state index contributed by atoms with van der Waals surface area (Å²) < 4.78 is 5.44. The molecule has 7 heteroatoms. The average Bonchev–Trinajstić information content (AvgIpc) is 2.71. The molecule has 0 saturated carbocycles. The number of amides is 3. The lowest BCUT2D eigenvalue weighted by atomic mass is 10.0. The maximum absolute atomic E-state index is 12.5. The summed E-state index contributed by atoms with van der Waals surface area (Å²) >= 11 is 0. The molecular weight excluding hydrogens is 382 g/mol. The van der Waals surface area contributed by atoms with E-state index < -0.39 is 17.9 Å². The van der Waals surface area contributed by atoms with Gasteiger partial charge in [0.05, 0.1) is 6.42 Å². The summed E-state index contributed by atoms with van der Waals surface area (Å²) in [7, 11) is 0. The van der Waals surface area contributed by atoms with E-state index in [4.69, 9.17) is 4.74 Å². The number of carbonyl (C=O) groups is 3. The highest BCUT2D eigenvalue weighted by molar-refractivity contribution is 5.90. The zero-order valence-corrected chi connectivity index (χ0v) is 17.8. The van der Waals surface area contributed by atoms with Crippen molar-refractivity contribution in [3.05, 3.63) is 65.2 Å². The smallest absolute Gasteiger partial charge is 0.276 e. The number of nitrogens with one attached hydrogen (secondary N) is 3. The minimum Gasteiger partial charge on any atom is -0.484 e. The number of benzene rings is 2. The van der Waals surface area contributed by atoms with Crippen molar-refractivity contribution in [2.45, 2.75) is 40.2 Å². The fraction of sp³-hybridized carbons (Fsp3) is 0.348. The summed E-state index contributed by atoms with van der Waals surface area (Å²) in [5.74, 6) is -0.841. The highest BCUT2D eigenvalue weighted by Crippen LogP contribution is 2.16. The molecule has 0 aliphatic rings. The van der Waals surface area contributed by atoms with Crippen LogP contribution in [0.3, 0.4) is 0 Å². The van der Waals surface area contributed by atoms with Gasteiger partial charge in [-0.3, -0.25) is 25.2 Å². The highest BCUT2D eigenvalue weighted by Gasteiger charge is 2.24. The lowest BCUT2D eigenvalue weighted by Gasteiger charge is -2.22. The van der Waals surface area contributed by atoms with Gasteiger partial charge in [-0.05, 0) is 48.6 Å². The van der Waals surface area contributed by atoms with E-state index in [2.05, 4.69) is 16.2 Å². The normalized spacial score (nSPS) is 11.5. The monoisotopic (exact) mass is 411 g/mol. The molecule has 0 saturated heterocycles. The maximum atomic E-state index is 12.5. The first kappa shape index (κ1) is 22.9. The summed E-state index contributed by atoms with van der Waals surface area (Å²) in [6.45, 7) is 7.34. The van der Waals surface area contributed by atoms with Crippen molar-refractivity contribution < 1.29 is 19.1 Å². The summed E-state index contributed by atoms with van der Waals surface area (Å²) in [5.41, 5.74) is 7.73. The van der Waals surface area contributed by atoms with Crippen LogP contribution < -0.4 is 20.9 Å². The van der Waals surface area contributed by atoms with Crippen molar-refractivity contribution in [2.75, 3.05) is 6.61 Å². The Morgan fingerprint density at radius 1 is 0.900 bits per heavy atom. The van der Waals surface area contributed by atoms with Gasteiger partial charge in [-0.25, -0.2) is 0 Å². The van der Waals surface area contributed by atoms with E-state index in [1.165, 1.54) is 0 Å². The number of carbonyl (C=O) groups excluding carboxylic acids is 3. The fourth-order valence-corrected chi connectivity index (χ4v) is 2.74. The molecule has 0 unspecified atom stereocenters. The van der Waals surface area contributed by atoms with Gasteiger partial charge in [-0.15, -0.1) is 0 Å². The summed E-state index contributed by atoms with van der Waals surface area (Å²) in [6, 6.07) is 14.0. The van der Waals surface area contributed by atoms with Crippen molar-refractivity contribution in [1.29, 1.82) is 0 Å². The molecule has 0 aliphatic heterocycles. The summed E-state index contributed by atoms with van der Waals surface area (Å²) in [6.07, 6.45) is 0.174. The molecular formula is C23H29N3O4. The molecule has 0 heterocycles. The number of aryl methyl sites for hydroxylation is 2. The first-order valence-corrected chi connectivity index (χ1v) is 9.88. The standard InChI is InChI=1S/C23H29N3O4/c1-15(2)22(24-20(27)13-18-8-6-5-7-9-18)23(29)26-25-21(28)14-30-19-11-10-16(3)17(4)12-19/h5-12,15,22H,13-14H2,1-4H3,(H,24,27)(H,25,28)(H,26,29)/t22-/m0/s1. The third-order valence-electron chi connectivity index (χ3n) is 4.65. The molecule has 0 spiro atoms. The van der Waals surface area contributed by atoms with Crippen LogP contribution in [0.5, 0.6) is 5.75 Å². The molecule has 3 amide bonds. The van der Waals surface area contributed by atoms with Crippen molar-refractivity contribution in [1.82, 2.24) is 16.2 Å². The molecule has 0 aliphatic carbocycles. The molecule has 3 N–H and O–H groups in total. The molecule has 2 aromatic carbocycles. The Kier molecular flexibility index (Phi) is 8.41. The fourth-order valence-electron chi connectivity index (χ4n) is 2.74. The lowest BCUT2D eigenvalue weighted by molar-refractivity contribution is -0.133. The topological polar surface area (TPSA) is 96.5 Å². The number of ether oxygens (including phenoxy) is 1. The average molecular weight is 412 g/mol. The Morgan fingerprint density at radius 3 is 2.23 bits per heavy atom.